The van der Waals surface area contributed by atoms with Crippen LogP contribution in [0.1, 0.15) is 40.2 Å². The number of hydrogen-bond donors (Lipinski definition) is 0. The highest BCUT2D eigenvalue weighted by Crippen LogP contribution is 2.35. The molecule has 0 unspecified atom stereocenters. The van der Waals surface area contributed by atoms with Crippen LogP contribution in [0, 0.1) is 5.82 Å². The number of nitrogens with zero attached hydrogens (tertiary/aromatic N) is 3. The number of carbonyl (C=O) groups excluding carboxylic acids is 1. The molecule has 5 nitrogen and oxygen atoms in total. The Morgan fingerprint density at radius 2 is 1.81 bits per heavy atom. The number of rotatable bonds is 3. The molecule has 0 radical (unpaired) electrons. The van der Waals surface area contributed by atoms with E-state index in [2.05, 4.69) is 0 Å². The van der Waals surface area contributed by atoms with Crippen LogP contribution in [0.3, 0.4) is 0 Å². The van der Waals surface area contributed by atoms with Gasteiger partial charge in [0, 0.05) is 29.2 Å². The molecule has 164 valence electrons. The Kier molecular flexibility index (Phi) is 5.76. The lowest BCUT2D eigenvalue weighted by Crippen LogP contribution is -2.29. The lowest BCUT2D eigenvalue weighted by molar-refractivity contribution is 0.0779. The van der Waals surface area contributed by atoms with Gasteiger partial charge < -0.3 is 9.64 Å². The maximum Gasteiger partial charge on any atom is 0.274 e. The van der Waals surface area contributed by atoms with E-state index >= 15 is 0 Å². The van der Waals surface area contributed by atoms with Crippen LogP contribution in [-0.4, -0.2) is 40.3 Å². The molecule has 1 fully saturated rings. The first-order valence-corrected chi connectivity index (χ1v) is 11.2. The first-order valence-electron chi connectivity index (χ1n) is 10.4. The molecular formula is C24H20Cl2FN3O2. The molecule has 1 aromatic heterocycles. The van der Waals surface area contributed by atoms with Crippen molar-refractivity contribution in [2.75, 3.05) is 19.7 Å². The Balaban J connectivity index is 1.69. The van der Waals surface area contributed by atoms with E-state index in [0.29, 0.717) is 28.0 Å². The Morgan fingerprint density at radius 1 is 1.06 bits per heavy atom. The van der Waals surface area contributed by atoms with Gasteiger partial charge in [-0.15, -0.1) is 0 Å². The standard InChI is InChI=1S/C24H20Cl2FN3O2/c25-17-5-8-21(20(26)12-17)30-23-16(11-15-3-6-18(27)7-4-15)13-32-14-19(23)22(28-30)24(31)29-9-1-2-10-29/h3-8,11-12H,1-2,9-10,13-14H2/b16-11+. The number of likely N-dealkylation sites (tertiary alicyclic amines) is 1. The van der Waals surface area contributed by atoms with Gasteiger partial charge in [0.05, 0.1) is 29.6 Å². The molecule has 8 heteroatoms. The minimum absolute atomic E-state index is 0.103. The summed E-state index contributed by atoms with van der Waals surface area (Å²) in [7, 11) is 0. The van der Waals surface area contributed by atoms with Gasteiger partial charge in [-0.2, -0.15) is 5.10 Å². The summed E-state index contributed by atoms with van der Waals surface area (Å²) in [6.07, 6.45) is 3.90. The van der Waals surface area contributed by atoms with Crippen molar-refractivity contribution in [3.8, 4) is 5.69 Å². The molecule has 0 saturated carbocycles. The molecule has 5 rings (SSSR count). The van der Waals surface area contributed by atoms with Crippen molar-refractivity contribution in [1.29, 1.82) is 0 Å². The van der Waals surface area contributed by atoms with Gasteiger partial charge in [-0.05, 0) is 54.8 Å². The summed E-state index contributed by atoms with van der Waals surface area (Å²) < 4.78 is 20.9. The Bertz CT molecular complexity index is 1210. The molecule has 2 aliphatic rings. The number of carbonyl (C=O) groups is 1. The van der Waals surface area contributed by atoms with Gasteiger partial charge in [-0.25, -0.2) is 9.07 Å². The van der Waals surface area contributed by atoms with Crippen LogP contribution >= 0.6 is 23.2 Å². The van der Waals surface area contributed by atoms with Gasteiger partial charge in [-0.1, -0.05) is 35.3 Å². The van der Waals surface area contributed by atoms with Crippen LogP contribution in [0.4, 0.5) is 4.39 Å². The molecule has 0 spiro atoms. The van der Waals surface area contributed by atoms with Gasteiger partial charge in [0.1, 0.15) is 5.82 Å². The number of halogens is 3. The van der Waals surface area contributed by atoms with Crippen LogP contribution in [0.25, 0.3) is 17.3 Å². The van der Waals surface area contributed by atoms with Gasteiger partial charge >= 0.3 is 0 Å². The lowest BCUT2D eigenvalue weighted by Gasteiger charge is -2.20. The predicted octanol–water partition coefficient (Wildman–Crippen LogP) is 5.63. The van der Waals surface area contributed by atoms with E-state index in [0.717, 1.165) is 48.3 Å². The summed E-state index contributed by atoms with van der Waals surface area (Å²) in [5.74, 6) is -0.404. The molecule has 2 aliphatic heterocycles. The summed E-state index contributed by atoms with van der Waals surface area (Å²) in [6, 6.07) is 11.4. The smallest absolute Gasteiger partial charge is 0.274 e. The number of amides is 1. The average molecular weight is 472 g/mol. The largest absolute Gasteiger partial charge is 0.372 e. The molecule has 3 aromatic rings. The van der Waals surface area contributed by atoms with Crippen molar-refractivity contribution in [2.45, 2.75) is 19.4 Å². The Morgan fingerprint density at radius 3 is 2.53 bits per heavy atom. The van der Waals surface area contributed by atoms with Crippen molar-refractivity contribution in [3.63, 3.8) is 0 Å². The number of hydrogen-bond acceptors (Lipinski definition) is 3. The number of fused-ring (bicyclic) bond motifs is 1. The average Bonchev–Trinajstić information content (AvgIpc) is 3.44. The van der Waals surface area contributed by atoms with E-state index in [9.17, 15) is 9.18 Å². The zero-order valence-corrected chi connectivity index (χ0v) is 18.7. The van der Waals surface area contributed by atoms with Gasteiger partial charge in [0.25, 0.3) is 5.91 Å². The van der Waals surface area contributed by atoms with Crippen molar-refractivity contribution in [1.82, 2.24) is 14.7 Å². The van der Waals surface area contributed by atoms with E-state index in [1.807, 2.05) is 11.0 Å². The van der Waals surface area contributed by atoms with Gasteiger partial charge in [0.2, 0.25) is 0 Å². The summed E-state index contributed by atoms with van der Waals surface area (Å²) >= 11 is 12.6. The van der Waals surface area contributed by atoms with Crippen LogP contribution in [0.15, 0.2) is 42.5 Å². The number of benzene rings is 2. The van der Waals surface area contributed by atoms with Crippen LogP contribution in [0.5, 0.6) is 0 Å². The highest BCUT2D eigenvalue weighted by atomic mass is 35.5. The van der Waals surface area contributed by atoms with E-state index in [-0.39, 0.29) is 18.3 Å². The zero-order valence-electron chi connectivity index (χ0n) is 17.2. The third-order valence-corrected chi connectivity index (χ3v) is 6.27. The molecule has 0 N–H and O–H groups in total. The molecule has 1 amide bonds. The molecular weight excluding hydrogens is 452 g/mol. The molecule has 0 atom stereocenters. The van der Waals surface area contributed by atoms with E-state index in [1.54, 1.807) is 35.0 Å². The van der Waals surface area contributed by atoms with Crippen LogP contribution in [-0.2, 0) is 11.3 Å². The summed E-state index contributed by atoms with van der Waals surface area (Å²) in [4.78, 5) is 15.1. The molecule has 32 heavy (non-hydrogen) atoms. The predicted molar refractivity (Wildman–Crippen MR) is 123 cm³/mol. The first kappa shape index (κ1) is 21.2. The third-order valence-electron chi connectivity index (χ3n) is 5.74. The molecule has 0 aliphatic carbocycles. The van der Waals surface area contributed by atoms with Crippen LogP contribution in [0.2, 0.25) is 10.0 Å². The minimum atomic E-state index is -0.302. The highest BCUT2D eigenvalue weighted by Gasteiger charge is 2.32. The van der Waals surface area contributed by atoms with Gasteiger partial charge in [0.15, 0.2) is 5.69 Å². The quantitative estimate of drug-likeness (QED) is 0.497. The zero-order chi connectivity index (χ0) is 22.2. The van der Waals surface area contributed by atoms with E-state index < -0.39 is 0 Å². The maximum atomic E-state index is 13.4. The maximum absolute atomic E-state index is 13.4. The first-order chi connectivity index (χ1) is 15.5. The second-order valence-electron chi connectivity index (χ2n) is 7.90. The van der Waals surface area contributed by atoms with Crippen LogP contribution < -0.4 is 0 Å². The highest BCUT2D eigenvalue weighted by molar-refractivity contribution is 6.35. The molecule has 1 saturated heterocycles. The summed E-state index contributed by atoms with van der Waals surface area (Å²) in [6.45, 7) is 2.05. The fraction of sp³-hybridized carbons (Fsp3) is 0.250. The topological polar surface area (TPSA) is 47.4 Å². The Labute approximate surface area is 195 Å². The molecule has 0 bridgehead atoms. The monoisotopic (exact) mass is 471 g/mol. The Hall–Kier alpha value is -2.67. The van der Waals surface area contributed by atoms with Crippen molar-refractivity contribution >= 4 is 40.8 Å². The summed E-state index contributed by atoms with van der Waals surface area (Å²) in [5, 5.41) is 5.66. The molecule has 3 heterocycles. The second-order valence-corrected chi connectivity index (χ2v) is 8.74. The molecule has 2 aromatic carbocycles. The number of ether oxygens (including phenoxy) is 1. The second kappa shape index (κ2) is 8.70. The van der Waals surface area contributed by atoms with Crippen molar-refractivity contribution in [2.24, 2.45) is 0 Å². The fourth-order valence-corrected chi connectivity index (χ4v) is 4.68. The normalized spacial score (nSPS) is 17.1. The lowest BCUT2D eigenvalue weighted by atomic mass is 10.0. The van der Waals surface area contributed by atoms with E-state index in [1.165, 1.54) is 12.1 Å². The number of aromatic nitrogens is 2. The third kappa shape index (κ3) is 3.94. The minimum Gasteiger partial charge on any atom is -0.372 e. The van der Waals surface area contributed by atoms with Gasteiger partial charge in [-0.3, -0.25) is 4.79 Å². The fourth-order valence-electron chi connectivity index (χ4n) is 4.19. The van der Waals surface area contributed by atoms with Crippen molar-refractivity contribution < 1.29 is 13.9 Å². The van der Waals surface area contributed by atoms with Crippen molar-refractivity contribution in [3.05, 3.63) is 80.8 Å². The van der Waals surface area contributed by atoms with E-state index in [4.69, 9.17) is 33.0 Å². The summed E-state index contributed by atoms with van der Waals surface area (Å²) in [5.41, 5.74) is 4.15. The SMILES string of the molecule is O=C(c1nn(-c2ccc(Cl)cc2Cl)c2c1COC/C2=C\c1ccc(F)cc1)N1CCCC1.